The quantitative estimate of drug-likeness (QED) is 0.373. The van der Waals surface area contributed by atoms with Crippen LogP contribution in [0.1, 0.15) is 11.1 Å². The number of benzene rings is 2. The summed E-state index contributed by atoms with van der Waals surface area (Å²) in [5.74, 6) is 0. The van der Waals surface area contributed by atoms with Gasteiger partial charge in [-0.3, -0.25) is 0 Å². The van der Waals surface area contributed by atoms with Crippen LogP contribution in [0.25, 0.3) is 0 Å². The fraction of sp³-hybridized carbons (Fsp3) is 0.0769. The molecule has 0 spiro atoms. The van der Waals surface area contributed by atoms with Gasteiger partial charge in [-0.1, -0.05) is 0 Å². The largest absolute Gasteiger partial charge is 2.00 e. The van der Waals surface area contributed by atoms with Gasteiger partial charge < -0.3 is 34.0 Å². The summed E-state index contributed by atoms with van der Waals surface area (Å²) in [6.45, 7) is 0. The minimum Gasteiger partial charge on any atom is -1.00 e. The molecular weight excluding hydrogens is 365 g/mol. The smallest absolute Gasteiger partial charge is 1.00 e. The van der Waals surface area contributed by atoms with Crippen LogP contribution in [0, 0.1) is 12.1 Å². The van der Waals surface area contributed by atoms with Crippen LogP contribution in [-0.2, 0) is 6.42 Å². The molecular formula is C13H10Br2Mg2. The zero-order valence-corrected chi connectivity index (χ0v) is 15.5. The van der Waals surface area contributed by atoms with Gasteiger partial charge in [0.25, 0.3) is 0 Å². The normalized spacial score (nSPS) is 7.53. The molecule has 0 bridgehead atoms. The SMILES string of the molecule is [Br-].[Br-].[Mg+2].[Mg+2].[c-]1ccccc1Cc1[c-]cccc1. The van der Waals surface area contributed by atoms with Crippen LogP contribution in [-0.4, -0.2) is 46.1 Å². The van der Waals surface area contributed by atoms with E-state index in [0.29, 0.717) is 0 Å². The first-order valence-corrected chi connectivity index (χ1v) is 4.36. The molecule has 17 heavy (non-hydrogen) atoms. The Morgan fingerprint density at radius 1 is 0.706 bits per heavy atom. The first kappa shape index (κ1) is 23.1. The van der Waals surface area contributed by atoms with E-state index in [9.17, 15) is 0 Å². The topological polar surface area (TPSA) is 0 Å². The van der Waals surface area contributed by atoms with Crippen molar-refractivity contribution in [3.8, 4) is 0 Å². The van der Waals surface area contributed by atoms with Gasteiger partial charge >= 0.3 is 46.1 Å². The average molecular weight is 375 g/mol. The molecule has 0 saturated carbocycles. The van der Waals surface area contributed by atoms with Gasteiger partial charge in [-0.05, 0) is 6.42 Å². The van der Waals surface area contributed by atoms with Crippen molar-refractivity contribution in [1.82, 2.24) is 0 Å². The molecule has 0 heterocycles. The molecule has 0 aliphatic rings. The first-order chi connectivity index (χ1) is 6.45. The van der Waals surface area contributed by atoms with Gasteiger partial charge in [0, 0.05) is 0 Å². The van der Waals surface area contributed by atoms with E-state index >= 15 is 0 Å². The number of hydrogen-bond acceptors (Lipinski definition) is 0. The minimum atomic E-state index is 0. The third-order valence-corrected chi connectivity index (χ3v) is 1.93. The summed E-state index contributed by atoms with van der Waals surface area (Å²) in [6, 6.07) is 22.5. The number of rotatable bonds is 2. The van der Waals surface area contributed by atoms with Crippen LogP contribution in [0.15, 0.2) is 48.5 Å². The van der Waals surface area contributed by atoms with E-state index in [0.717, 1.165) is 6.42 Å². The van der Waals surface area contributed by atoms with Gasteiger partial charge in [-0.25, -0.2) is 0 Å². The second-order valence-corrected chi connectivity index (χ2v) is 2.95. The molecule has 0 aliphatic heterocycles. The van der Waals surface area contributed by atoms with Gasteiger partial charge in [-0.15, -0.1) is 0 Å². The standard InChI is InChI=1S/C13H10.2BrH.2Mg/c1-3-7-12(8-4-1)11-13-9-5-2-6-10-13;;;;/h1-7,9H,11H2;2*1H;;/q-2;;;2*+2/p-2. The van der Waals surface area contributed by atoms with Crippen molar-refractivity contribution in [3.05, 3.63) is 71.8 Å². The molecule has 0 saturated heterocycles. The Labute approximate surface area is 156 Å². The summed E-state index contributed by atoms with van der Waals surface area (Å²) in [6.07, 6.45) is 0.918. The maximum atomic E-state index is 3.20. The van der Waals surface area contributed by atoms with Crippen molar-refractivity contribution in [1.29, 1.82) is 0 Å². The molecule has 0 aliphatic carbocycles. The molecule has 0 atom stereocenters. The van der Waals surface area contributed by atoms with Crippen LogP contribution < -0.4 is 34.0 Å². The maximum absolute atomic E-state index is 3.20. The van der Waals surface area contributed by atoms with Crippen LogP contribution in [0.5, 0.6) is 0 Å². The Bertz CT molecular complexity index is 328. The Kier molecular flexibility index (Phi) is 18.1. The molecule has 0 aromatic heterocycles. The van der Waals surface area contributed by atoms with Crippen molar-refractivity contribution < 1.29 is 34.0 Å². The van der Waals surface area contributed by atoms with E-state index in [1.807, 2.05) is 36.4 Å². The maximum Gasteiger partial charge on any atom is 2.00 e. The van der Waals surface area contributed by atoms with E-state index in [4.69, 9.17) is 0 Å². The molecule has 0 fully saturated rings. The minimum absolute atomic E-state index is 0. The second-order valence-electron chi connectivity index (χ2n) is 2.95. The van der Waals surface area contributed by atoms with E-state index in [-0.39, 0.29) is 80.1 Å². The molecule has 0 amide bonds. The van der Waals surface area contributed by atoms with Crippen LogP contribution in [0.4, 0.5) is 0 Å². The molecule has 0 N–H and O–H groups in total. The Morgan fingerprint density at radius 3 is 1.41 bits per heavy atom. The monoisotopic (exact) mass is 372 g/mol. The van der Waals surface area contributed by atoms with Crippen molar-refractivity contribution in [2.24, 2.45) is 0 Å². The zero-order valence-electron chi connectivity index (χ0n) is 9.50. The van der Waals surface area contributed by atoms with E-state index in [1.54, 1.807) is 0 Å². The van der Waals surface area contributed by atoms with Gasteiger partial charge in [0.05, 0.1) is 0 Å². The summed E-state index contributed by atoms with van der Waals surface area (Å²) in [7, 11) is 0. The molecule has 4 heteroatoms. The van der Waals surface area contributed by atoms with Gasteiger partial charge in [0.15, 0.2) is 0 Å². The number of halogens is 2. The summed E-state index contributed by atoms with van der Waals surface area (Å²) in [5, 5.41) is 0. The predicted molar refractivity (Wildman–Crippen MR) is 64.9 cm³/mol. The Balaban J connectivity index is -0.000000490. The van der Waals surface area contributed by atoms with Crippen LogP contribution >= 0.6 is 0 Å². The Morgan fingerprint density at radius 2 is 1.12 bits per heavy atom. The van der Waals surface area contributed by atoms with Gasteiger partial charge in [0.1, 0.15) is 0 Å². The summed E-state index contributed by atoms with van der Waals surface area (Å²) in [5.41, 5.74) is 2.43. The van der Waals surface area contributed by atoms with Gasteiger partial charge in [-0.2, -0.15) is 71.8 Å². The second kappa shape index (κ2) is 13.4. The molecule has 0 radical (unpaired) electrons. The molecule has 2 aromatic rings. The van der Waals surface area contributed by atoms with Crippen molar-refractivity contribution in [3.63, 3.8) is 0 Å². The molecule has 2 aromatic carbocycles. The molecule has 0 unspecified atom stereocenters. The Hall–Kier alpha value is 0.932. The third-order valence-electron chi connectivity index (χ3n) is 1.93. The first-order valence-electron chi connectivity index (χ1n) is 4.36. The predicted octanol–water partition coefficient (Wildman–Crippen LogP) is -3.88. The molecule has 80 valence electrons. The summed E-state index contributed by atoms with van der Waals surface area (Å²) in [4.78, 5) is 0. The van der Waals surface area contributed by atoms with Crippen LogP contribution in [0.2, 0.25) is 0 Å². The average Bonchev–Trinajstić information content (AvgIpc) is 2.21. The summed E-state index contributed by atoms with van der Waals surface area (Å²) >= 11 is 0. The fourth-order valence-corrected chi connectivity index (χ4v) is 1.29. The molecule has 2 rings (SSSR count). The fourth-order valence-electron chi connectivity index (χ4n) is 1.29. The van der Waals surface area contributed by atoms with E-state index < -0.39 is 0 Å². The zero-order chi connectivity index (χ0) is 8.93. The van der Waals surface area contributed by atoms with Crippen molar-refractivity contribution >= 4 is 46.1 Å². The van der Waals surface area contributed by atoms with Crippen molar-refractivity contribution in [2.45, 2.75) is 6.42 Å². The number of hydrogen-bond donors (Lipinski definition) is 0. The van der Waals surface area contributed by atoms with E-state index in [1.165, 1.54) is 11.1 Å². The van der Waals surface area contributed by atoms with Gasteiger partial charge in [0.2, 0.25) is 0 Å². The van der Waals surface area contributed by atoms with Crippen LogP contribution in [0.3, 0.4) is 0 Å². The van der Waals surface area contributed by atoms with Crippen molar-refractivity contribution in [2.75, 3.05) is 0 Å². The van der Waals surface area contributed by atoms with E-state index in [2.05, 4.69) is 24.3 Å². The summed E-state index contributed by atoms with van der Waals surface area (Å²) < 4.78 is 0. The molecule has 0 nitrogen and oxygen atoms in total. The third kappa shape index (κ3) is 8.62.